The monoisotopic (exact) mass is 275 g/mol. The van der Waals surface area contributed by atoms with Gasteiger partial charge in [-0.3, -0.25) is 9.78 Å². The molecule has 5 heteroatoms. The number of nitrogens with zero attached hydrogens (tertiary/aromatic N) is 2. The molecule has 1 amide bonds. The Bertz CT molecular complexity index is 586. The first-order valence-electron chi connectivity index (χ1n) is 5.90. The van der Waals surface area contributed by atoms with Crippen molar-refractivity contribution in [2.75, 3.05) is 17.2 Å². The van der Waals surface area contributed by atoms with Crippen LogP contribution < -0.4 is 10.6 Å². The molecule has 1 aromatic heterocycles. The standard InChI is InChI=1S/C14H14ClN3O/c1-2-18(11-5-7-17-8-6-11)14(19)12-4-3-10(15)9-13(12)16/h3-9H,2,16H2,1H3. The van der Waals surface area contributed by atoms with Crippen LogP contribution in [0, 0.1) is 0 Å². The zero-order chi connectivity index (χ0) is 13.8. The fraction of sp³-hybridized carbons (Fsp3) is 0.143. The van der Waals surface area contributed by atoms with E-state index in [1.54, 1.807) is 47.6 Å². The molecule has 0 fully saturated rings. The van der Waals surface area contributed by atoms with Crippen LogP contribution in [-0.4, -0.2) is 17.4 Å². The summed E-state index contributed by atoms with van der Waals surface area (Å²) in [6.45, 7) is 2.45. The molecule has 98 valence electrons. The van der Waals surface area contributed by atoms with Gasteiger partial charge in [0, 0.05) is 35.3 Å². The van der Waals surface area contributed by atoms with E-state index in [0.29, 0.717) is 22.8 Å². The number of halogens is 1. The Morgan fingerprint density at radius 3 is 2.58 bits per heavy atom. The maximum Gasteiger partial charge on any atom is 0.260 e. The van der Waals surface area contributed by atoms with Crippen LogP contribution in [0.3, 0.4) is 0 Å². The number of nitrogens with two attached hydrogens (primary N) is 1. The first kappa shape index (κ1) is 13.4. The number of carbonyl (C=O) groups is 1. The van der Waals surface area contributed by atoms with Crippen molar-refractivity contribution < 1.29 is 4.79 Å². The molecular formula is C14H14ClN3O. The van der Waals surface area contributed by atoms with E-state index < -0.39 is 0 Å². The van der Waals surface area contributed by atoms with E-state index in [2.05, 4.69) is 4.98 Å². The highest BCUT2D eigenvalue weighted by Gasteiger charge is 2.18. The van der Waals surface area contributed by atoms with Crippen LogP contribution in [0.25, 0.3) is 0 Å². The van der Waals surface area contributed by atoms with E-state index in [4.69, 9.17) is 17.3 Å². The van der Waals surface area contributed by atoms with Gasteiger partial charge in [-0.25, -0.2) is 0 Å². The third-order valence-electron chi connectivity index (χ3n) is 2.78. The predicted octanol–water partition coefficient (Wildman–Crippen LogP) is 2.98. The second kappa shape index (κ2) is 5.71. The van der Waals surface area contributed by atoms with Crippen molar-refractivity contribution in [2.45, 2.75) is 6.92 Å². The van der Waals surface area contributed by atoms with Crippen LogP contribution >= 0.6 is 11.6 Å². The summed E-state index contributed by atoms with van der Waals surface area (Å²) in [5.41, 5.74) is 7.46. The zero-order valence-corrected chi connectivity index (χ0v) is 11.3. The Morgan fingerprint density at radius 1 is 1.32 bits per heavy atom. The van der Waals surface area contributed by atoms with Crippen molar-refractivity contribution >= 4 is 28.9 Å². The Labute approximate surface area is 116 Å². The molecular weight excluding hydrogens is 262 g/mol. The lowest BCUT2D eigenvalue weighted by Crippen LogP contribution is -2.31. The van der Waals surface area contributed by atoms with Crippen molar-refractivity contribution in [1.29, 1.82) is 0 Å². The molecule has 0 saturated carbocycles. The van der Waals surface area contributed by atoms with Gasteiger partial charge in [0.2, 0.25) is 0 Å². The second-order valence-corrected chi connectivity index (χ2v) is 4.42. The van der Waals surface area contributed by atoms with E-state index in [9.17, 15) is 4.79 Å². The van der Waals surface area contributed by atoms with E-state index in [1.807, 2.05) is 6.92 Å². The predicted molar refractivity (Wildman–Crippen MR) is 77.5 cm³/mol. The summed E-state index contributed by atoms with van der Waals surface area (Å²) < 4.78 is 0. The Hall–Kier alpha value is -2.07. The summed E-state index contributed by atoms with van der Waals surface area (Å²) in [5.74, 6) is -0.150. The number of hydrogen-bond acceptors (Lipinski definition) is 3. The van der Waals surface area contributed by atoms with Crippen molar-refractivity contribution in [3.05, 3.63) is 53.3 Å². The van der Waals surface area contributed by atoms with Gasteiger partial charge in [-0.2, -0.15) is 0 Å². The first-order valence-corrected chi connectivity index (χ1v) is 6.28. The van der Waals surface area contributed by atoms with Gasteiger partial charge in [0.05, 0.1) is 5.56 Å². The summed E-state index contributed by atoms with van der Waals surface area (Å²) in [5, 5.41) is 0.515. The quantitative estimate of drug-likeness (QED) is 0.876. The van der Waals surface area contributed by atoms with E-state index in [-0.39, 0.29) is 5.91 Å². The molecule has 2 rings (SSSR count). The van der Waals surface area contributed by atoms with E-state index in [0.717, 1.165) is 5.69 Å². The third-order valence-corrected chi connectivity index (χ3v) is 3.01. The Balaban J connectivity index is 2.36. The average Bonchev–Trinajstić information content (AvgIpc) is 2.40. The molecule has 2 aromatic rings. The maximum absolute atomic E-state index is 12.5. The highest BCUT2D eigenvalue weighted by Crippen LogP contribution is 2.22. The fourth-order valence-corrected chi connectivity index (χ4v) is 2.02. The Morgan fingerprint density at radius 2 is 2.00 bits per heavy atom. The van der Waals surface area contributed by atoms with Gasteiger partial charge in [-0.1, -0.05) is 11.6 Å². The number of aromatic nitrogens is 1. The van der Waals surface area contributed by atoms with Gasteiger partial charge in [-0.15, -0.1) is 0 Å². The highest BCUT2D eigenvalue weighted by atomic mass is 35.5. The topological polar surface area (TPSA) is 59.2 Å². The van der Waals surface area contributed by atoms with Gasteiger partial charge >= 0.3 is 0 Å². The van der Waals surface area contributed by atoms with Crippen LogP contribution in [-0.2, 0) is 0 Å². The molecule has 0 spiro atoms. The van der Waals surface area contributed by atoms with E-state index in [1.165, 1.54) is 0 Å². The molecule has 0 bridgehead atoms. The van der Waals surface area contributed by atoms with Gasteiger partial charge in [0.1, 0.15) is 0 Å². The molecule has 4 nitrogen and oxygen atoms in total. The van der Waals surface area contributed by atoms with Crippen LogP contribution in [0.15, 0.2) is 42.7 Å². The van der Waals surface area contributed by atoms with Gasteiger partial charge in [0.25, 0.3) is 5.91 Å². The van der Waals surface area contributed by atoms with Gasteiger partial charge < -0.3 is 10.6 Å². The zero-order valence-electron chi connectivity index (χ0n) is 10.5. The van der Waals surface area contributed by atoms with Gasteiger partial charge in [0.15, 0.2) is 0 Å². The van der Waals surface area contributed by atoms with Gasteiger partial charge in [-0.05, 0) is 37.3 Å². The molecule has 0 saturated heterocycles. The smallest absolute Gasteiger partial charge is 0.260 e. The van der Waals surface area contributed by atoms with Crippen LogP contribution in [0.4, 0.5) is 11.4 Å². The lowest BCUT2D eigenvalue weighted by Gasteiger charge is -2.21. The summed E-state index contributed by atoms with van der Waals surface area (Å²) in [4.78, 5) is 18.1. The number of amides is 1. The first-order chi connectivity index (χ1) is 9.13. The maximum atomic E-state index is 12.5. The number of hydrogen-bond donors (Lipinski definition) is 1. The number of carbonyl (C=O) groups excluding carboxylic acids is 1. The van der Waals surface area contributed by atoms with Crippen molar-refractivity contribution in [2.24, 2.45) is 0 Å². The van der Waals surface area contributed by atoms with Crippen molar-refractivity contribution in [1.82, 2.24) is 4.98 Å². The van der Waals surface area contributed by atoms with Crippen LogP contribution in [0.2, 0.25) is 5.02 Å². The summed E-state index contributed by atoms with van der Waals surface area (Å²) >= 11 is 5.84. The largest absolute Gasteiger partial charge is 0.398 e. The SMILES string of the molecule is CCN(C(=O)c1ccc(Cl)cc1N)c1ccncc1. The molecule has 1 aromatic carbocycles. The average molecular weight is 276 g/mol. The fourth-order valence-electron chi connectivity index (χ4n) is 1.84. The molecule has 0 aliphatic rings. The molecule has 19 heavy (non-hydrogen) atoms. The number of pyridine rings is 1. The number of rotatable bonds is 3. The van der Waals surface area contributed by atoms with Crippen molar-refractivity contribution in [3.63, 3.8) is 0 Å². The summed E-state index contributed by atoms with van der Waals surface area (Å²) in [6, 6.07) is 8.45. The summed E-state index contributed by atoms with van der Waals surface area (Å²) in [6.07, 6.45) is 3.30. The number of nitrogen functional groups attached to an aromatic ring is 1. The molecule has 0 radical (unpaired) electrons. The molecule has 0 atom stereocenters. The number of anilines is 2. The summed E-state index contributed by atoms with van der Waals surface area (Å²) in [7, 11) is 0. The molecule has 0 aliphatic heterocycles. The molecule has 1 heterocycles. The normalized spacial score (nSPS) is 10.2. The minimum absolute atomic E-state index is 0.150. The van der Waals surface area contributed by atoms with Crippen LogP contribution in [0.5, 0.6) is 0 Å². The lowest BCUT2D eigenvalue weighted by molar-refractivity contribution is 0.0989. The minimum Gasteiger partial charge on any atom is -0.398 e. The number of benzene rings is 1. The minimum atomic E-state index is -0.150. The highest BCUT2D eigenvalue weighted by molar-refractivity contribution is 6.31. The molecule has 2 N–H and O–H groups in total. The second-order valence-electron chi connectivity index (χ2n) is 3.99. The van der Waals surface area contributed by atoms with Crippen LogP contribution in [0.1, 0.15) is 17.3 Å². The van der Waals surface area contributed by atoms with Crippen molar-refractivity contribution in [3.8, 4) is 0 Å². The molecule has 0 unspecified atom stereocenters. The molecule has 0 aliphatic carbocycles. The Kier molecular flexibility index (Phi) is 4.02. The van der Waals surface area contributed by atoms with E-state index >= 15 is 0 Å². The lowest BCUT2D eigenvalue weighted by atomic mass is 10.1. The third kappa shape index (κ3) is 2.85.